The smallest absolute Gasteiger partial charge is 0.162 e. The number of aliphatic hydroxyl groups is 1. The summed E-state index contributed by atoms with van der Waals surface area (Å²) in [6.45, 7) is 0. The molecule has 3 rings (SSSR count). The van der Waals surface area contributed by atoms with Crippen LogP contribution in [0.3, 0.4) is 0 Å². The molecule has 1 heterocycles. The zero-order chi connectivity index (χ0) is 15.5. The lowest BCUT2D eigenvalue weighted by atomic mass is 9.93. The SMILES string of the molecule is COc1cc2ccc(NC3CCC(O)CC3)nc2cc1OC. The van der Waals surface area contributed by atoms with E-state index in [0.29, 0.717) is 17.5 Å². The monoisotopic (exact) mass is 302 g/mol. The Morgan fingerprint density at radius 1 is 1.05 bits per heavy atom. The number of rotatable bonds is 4. The predicted octanol–water partition coefficient (Wildman–Crippen LogP) is 2.97. The summed E-state index contributed by atoms with van der Waals surface area (Å²) in [5.41, 5.74) is 0.874. The summed E-state index contributed by atoms with van der Waals surface area (Å²) in [6, 6.07) is 8.23. The number of nitrogens with one attached hydrogen (secondary N) is 1. The van der Waals surface area contributed by atoms with Gasteiger partial charge >= 0.3 is 0 Å². The lowest BCUT2D eigenvalue weighted by molar-refractivity contribution is 0.126. The van der Waals surface area contributed by atoms with Crippen LogP contribution in [0.2, 0.25) is 0 Å². The molecule has 1 aliphatic rings. The van der Waals surface area contributed by atoms with Crippen molar-refractivity contribution in [1.29, 1.82) is 0 Å². The van der Waals surface area contributed by atoms with Gasteiger partial charge in [0.2, 0.25) is 0 Å². The van der Waals surface area contributed by atoms with Crippen molar-refractivity contribution in [3.63, 3.8) is 0 Å². The normalized spacial score (nSPS) is 21.6. The Labute approximate surface area is 130 Å². The van der Waals surface area contributed by atoms with Crippen molar-refractivity contribution in [3.05, 3.63) is 24.3 Å². The Hall–Kier alpha value is -2.01. The van der Waals surface area contributed by atoms with E-state index < -0.39 is 0 Å². The third-order valence-corrected chi connectivity index (χ3v) is 4.24. The lowest BCUT2D eigenvalue weighted by Gasteiger charge is -2.26. The van der Waals surface area contributed by atoms with Gasteiger partial charge in [-0.25, -0.2) is 4.98 Å². The molecular weight excluding hydrogens is 280 g/mol. The van der Waals surface area contributed by atoms with Gasteiger partial charge in [0, 0.05) is 17.5 Å². The molecule has 1 aliphatic carbocycles. The predicted molar refractivity (Wildman–Crippen MR) is 86.7 cm³/mol. The first kappa shape index (κ1) is 14.9. The molecule has 0 saturated heterocycles. The molecule has 1 saturated carbocycles. The molecule has 22 heavy (non-hydrogen) atoms. The summed E-state index contributed by atoms with van der Waals surface area (Å²) < 4.78 is 10.6. The maximum Gasteiger partial charge on any atom is 0.162 e. The first-order chi connectivity index (χ1) is 10.7. The molecule has 2 N–H and O–H groups in total. The Morgan fingerprint density at radius 3 is 2.41 bits per heavy atom. The van der Waals surface area contributed by atoms with E-state index in [-0.39, 0.29) is 6.10 Å². The van der Waals surface area contributed by atoms with Gasteiger partial charge in [0.1, 0.15) is 5.82 Å². The van der Waals surface area contributed by atoms with Gasteiger partial charge in [-0.05, 0) is 43.9 Å². The van der Waals surface area contributed by atoms with Gasteiger partial charge < -0.3 is 19.9 Å². The van der Waals surface area contributed by atoms with Crippen molar-refractivity contribution in [2.75, 3.05) is 19.5 Å². The van der Waals surface area contributed by atoms with Gasteiger partial charge in [-0.1, -0.05) is 0 Å². The molecule has 0 radical (unpaired) electrons. The van der Waals surface area contributed by atoms with E-state index in [0.717, 1.165) is 42.4 Å². The lowest BCUT2D eigenvalue weighted by Crippen LogP contribution is -2.28. The standard InChI is InChI=1S/C17H22N2O3/c1-21-15-9-11-3-8-17(19-14(11)10-16(15)22-2)18-12-4-6-13(20)7-5-12/h3,8-10,12-13,20H,4-7H2,1-2H3,(H,18,19). The molecule has 0 amide bonds. The summed E-state index contributed by atoms with van der Waals surface area (Å²) in [4.78, 5) is 4.66. The quantitative estimate of drug-likeness (QED) is 0.909. The molecule has 0 aliphatic heterocycles. The average Bonchev–Trinajstić information content (AvgIpc) is 2.55. The Bertz CT molecular complexity index is 652. The first-order valence-corrected chi connectivity index (χ1v) is 7.67. The van der Waals surface area contributed by atoms with E-state index in [1.807, 2.05) is 24.3 Å². The Kier molecular flexibility index (Phi) is 4.34. The van der Waals surface area contributed by atoms with Crippen LogP contribution in [0.25, 0.3) is 10.9 Å². The van der Waals surface area contributed by atoms with Crippen molar-refractivity contribution < 1.29 is 14.6 Å². The van der Waals surface area contributed by atoms with Crippen LogP contribution in [-0.4, -0.2) is 36.5 Å². The van der Waals surface area contributed by atoms with Crippen molar-refractivity contribution in [2.45, 2.75) is 37.8 Å². The van der Waals surface area contributed by atoms with Crippen LogP contribution < -0.4 is 14.8 Å². The molecule has 5 heteroatoms. The maximum atomic E-state index is 9.57. The number of aliphatic hydroxyl groups excluding tert-OH is 1. The fourth-order valence-electron chi connectivity index (χ4n) is 2.96. The van der Waals surface area contributed by atoms with E-state index in [9.17, 15) is 5.11 Å². The second kappa shape index (κ2) is 6.40. The van der Waals surface area contributed by atoms with Crippen molar-refractivity contribution in [2.24, 2.45) is 0 Å². The third-order valence-electron chi connectivity index (χ3n) is 4.24. The number of hydrogen-bond donors (Lipinski definition) is 2. The second-order valence-electron chi connectivity index (χ2n) is 5.75. The molecule has 1 fully saturated rings. The van der Waals surface area contributed by atoms with Crippen LogP contribution in [0.1, 0.15) is 25.7 Å². The average molecular weight is 302 g/mol. The number of ether oxygens (including phenoxy) is 2. The summed E-state index contributed by atoms with van der Waals surface area (Å²) in [5, 5.41) is 14.1. The number of nitrogens with zero attached hydrogens (tertiary/aromatic N) is 1. The number of fused-ring (bicyclic) bond motifs is 1. The van der Waals surface area contributed by atoms with Gasteiger partial charge in [-0.15, -0.1) is 0 Å². The van der Waals surface area contributed by atoms with Crippen LogP contribution in [0.15, 0.2) is 24.3 Å². The maximum absolute atomic E-state index is 9.57. The minimum Gasteiger partial charge on any atom is -0.493 e. The topological polar surface area (TPSA) is 63.6 Å². The van der Waals surface area contributed by atoms with Crippen LogP contribution in [0, 0.1) is 0 Å². The number of hydrogen-bond acceptors (Lipinski definition) is 5. The van der Waals surface area contributed by atoms with E-state index in [1.54, 1.807) is 14.2 Å². The van der Waals surface area contributed by atoms with Crippen molar-refractivity contribution >= 4 is 16.7 Å². The number of aromatic nitrogens is 1. The molecule has 0 atom stereocenters. The van der Waals surface area contributed by atoms with E-state index in [4.69, 9.17) is 9.47 Å². The van der Waals surface area contributed by atoms with Crippen LogP contribution in [0.5, 0.6) is 11.5 Å². The van der Waals surface area contributed by atoms with E-state index in [1.165, 1.54) is 0 Å². The summed E-state index contributed by atoms with van der Waals surface area (Å²) >= 11 is 0. The molecule has 0 bridgehead atoms. The van der Waals surface area contributed by atoms with Crippen LogP contribution >= 0.6 is 0 Å². The van der Waals surface area contributed by atoms with E-state index in [2.05, 4.69) is 10.3 Å². The molecule has 1 aromatic carbocycles. The molecule has 5 nitrogen and oxygen atoms in total. The highest BCUT2D eigenvalue weighted by Gasteiger charge is 2.19. The fraction of sp³-hybridized carbons (Fsp3) is 0.471. The second-order valence-corrected chi connectivity index (χ2v) is 5.75. The molecular formula is C17H22N2O3. The zero-order valence-electron chi connectivity index (χ0n) is 13.0. The number of anilines is 1. The van der Waals surface area contributed by atoms with Crippen LogP contribution in [0.4, 0.5) is 5.82 Å². The van der Waals surface area contributed by atoms with Gasteiger partial charge in [0.15, 0.2) is 11.5 Å². The van der Waals surface area contributed by atoms with Crippen LogP contribution in [-0.2, 0) is 0 Å². The minimum atomic E-state index is -0.140. The van der Waals surface area contributed by atoms with Gasteiger partial charge in [0.05, 0.1) is 25.8 Å². The zero-order valence-corrected chi connectivity index (χ0v) is 13.0. The molecule has 2 aromatic rings. The third kappa shape index (κ3) is 3.09. The van der Waals surface area contributed by atoms with Gasteiger partial charge in [0.25, 0.3) is 0 Å². The summed E-state index contributed by atoms with van der Waals surface area (Å²) in [5.74, 6) is 2.25. The van der Waals surface area contributed by atoms with Crippen molar-refractivity contribution in [3.8, 4) is 11.5 Å². The van der Waals surface area contributed by atoms with Gasteiger partial charge in [-0.3, -0.25) is 0 Å². The highest BCUT2D eigenvalue weighted by molar-refractivity contribution is 5.84. The Morgan fingerprint density at radius 2 is 1.73 bits per heavy atom. The number of pyridine rings is 1. The Balaban J connectivity index is 1.83. The minimum absolute atomic E-state index is 0.140. The highest BCUT2D eigenvalue weighted by Crippen LogP contribution is 2.32. The van der Waals surface area contributed by atoms with Gasteiger partial charge in [-0.2, -0.15) is 0 Å². The molecule has 118 valence electrons. The summed E-state index contributed by atoms with van der Waals surface area (Å²) in [6.07, 6.45) is 3.53. The first-order valence-electron chi connectivity index (χ1n) is 7.67. The molecule has 0 spiro atoms. The highest BCUT2D eigenvalue weighted by atomic mass is 16.5. The summed E-state index contributed by atoms with van der Waals surface area (Å²) in [7, 11) is 3.25. The number of methoxy groups -OCH3 is 2. The molecule has 1 aromatic heterocycles. The molecule has 0 unspecified atom stereocenters. The van der Waals surface area contributed by atoms with Crippen molar-refractivity contribution in [1.82, 2.24) is 4.98 Å². The fourth-order valence-corrected chi connectivity index (χ4v) is 2.96. The largest absolute Gasteiger partial charge is 0.493 e. The number of benzene rings is 1. The van der Waals surface area contributed by atoms with E-state index >= 15 is 0 Å².